The van der Waals surface area contributed by atoms with Gasteiger partial charge in [-0.25, -0.2) is 0 Å². The Morgan fingerprint density at radius 2 is 1.82 bits per heavy atom. The van der Waals surface area contributed by atoms with E-state index < -0.39 is 5.92 Å². The van der Waals surface area contributed by atoms with Crippen LogP contribution in [-0.2, 0) is 11.2 Å². The van der Waals surface area contributed by atoms with Crippen molar-refractivity contribution in [1.82, 2.24) is 4.98 Å². The summed E-state index contributed by atoms with van der Waals surface area (Å²) in [7, 11) is 0. The third-order valence-corrected chi connectivity index (χ3v) is 4.79. The third kappa shape index (κ3) is 4.26. The van der Waals surface area contributed by atoms with E-state index in [4.69, 9.17) is 21.1 Å². The molecule has 1 amide bonds. The molecule has 1 aliphatic heterocycles. The van der Waals surface area contributed by atoms with Crippen LogP contribution in [0.1, 0.15) is 17.2 Å². The first-order valence-corrected chi connectivity index (χ1v) is 9.43. The van der Waals surface area contributed by atoms with Gasteiger partial charge in [0.2, 0.25) is 5.91 Å². The van der Waals surface area contributed by atoms with E-state index in [0.717, 1.165) is 11.3 Å². The summed E-state index contributed by atoms with van der Waals surface area (Å²) in [5, 5.41) is 3.62. The van der Waals surface area contributed by atoms with Crippen LogP contribution in [0.15, 0.2) is 66.9 Å². The van der Waals surface area contributed by atoms with Gasteiger partial charge in [0, 0.05) is 35.1 Å². The van der Waals surface area contributed by atoms with Gasteiger partial charge in [0.05, 0.1) is 5.92 Å². The van der Waals surface area contributed by atoms with Crippen molar-refractivity contribution in [3.05, 3.63) is 83.1 Å². The van der Waals surface area contributed by atoms with Gasteiger partial charge in [0.15, 0.2) is 11.5 Å². The zero-order valence-corrected chi connectivity index (χ0v) is 15.9. The zero-order valence-electron chi connectivity index (χ0n) is 15.1. The first-order valence-electron chi connectivity index (χ1n) is 9.05. The summed E-state index contributed by atoms with van der Waals surface area (Å²) in [5.74, 6) is 0.800. The lowest BCUT2D eigenvalue weighted by Crippen LogP contribution is -2.23. The summed E-state index contributed by atoms with van der Waals surface area (Å²) >= 11 is 6.01. The van der Waals surface area contributed by atoms with Gasteiger partial charge < -0.3 is 14.8 Å². The fraction of sp³-hybridized carbons (Fsp3) is 0.182. The Morgan fingerprint density at radius 1 is 1.04 bits per heavy atom. The van der Waals surface area contributed by atoms with E-state index in [1.165, 1.54) is 0 Å². The van der Waals surface area contributed by atoms with Crippen LogP contribution < -0.4 is 14.8 Å². The SMILES string of the molecule is O=C(Nc1ccc2c(c1)OCCO2)C(Cc1ccccn1)c1ccc(Cl)cc1. The lowest BCUT2D eigenvalue weighted by Gasteiger charge is -2.20. The normalized spacial score (nSPS) is 13.6. The molecule has 1 unspecified atom stereocenters. The smallest absolute Gasteiger partial charge is 0.232 e. The predicted octanol–water partition coefficient (Wildman–Crippen LogP) is 4.47. The molecule has 142 valence electrons. The first kappa shape index (κ1) is 18.3. The van der Waals surface area contributed by atoms with Crippen LogP contribution in [0.3, 0.4) is 0 Å². The number of anilines is 1. The Labute approximate surface area is 168 Å². The van der Waals surface area contributed by atoms with E-state index in [0.29, 0.717) is 41.8 Å². The fourth-order valence-electron chi connectivity index (χ4n) is 3.14. The van der Waals surface area contributed by atoms with E-state index in [-0.39, 0.29) is 5.91 Å². The number of nitrogens with zero attached hydrogens (tertiary/aromatic N) is 1. The molecule has 2 aromatic carbocycles. The van der Waals surface area contributed by atoms with Crippen molar-refractivity contribution in [2.24, 2.45) is 0 Å². The molecule has 6 heteroatoms. The standard InChI is InChI=1S/C22H19ClN2O3/c23-16-6-4-15(5-7-16)19(13-17-3-1-2-10-24-17)22(26)25-18-8-9-20-21(14-18)28-12-11-27-20/h1-10,14,19H,11-13H2,(H,25,26). The lowest BCUT2D eigenvalue weighted by atomic mass is 9.93. The van der Waals surface area contributed by atoms with Crippen LogP contribution in [-0.4, -0.2) is 24.1 Å². The summed E-state index contributed by atoms with van der Waals surface area (Å²) in [6.45, 7) is 1.03. The van der Waals surface area contributed by atoms with Gasteiger partial charge in [-0.3, -0.25) is 9.78 Å². The van der Waals surface area contributed by atoms with Crippen LogP contribution in [0.25, 0.3) is 0 Å². The maximum absolute atomic E-state index is 13.1. The number of hydrogen-bond acceptors (Lipinski definition) is 4. The minimum absolute atomic E-state index is 0.121. The molecule has 2 heterocycles. The predicted molar refractivity (Wildman–Crippen MR) is 108 cm³/mol. The highest BCUT2D eigenvalue weighted by molar-refractivity contribution is 6.30. The molecule has 1 atom stereocenters. The Bertz CT molecular complexity index is 961. The van der Waals surface area contributed by atoms with E-state index in [1.54, 1.807) is 30.5 Å². The molecule has 0 fully saturated rings. The number of carbonyl (C=O) groups excluding carboxylic acids is 1. The summed E-state index contributed by atoms with van der Waals surface area (Å²) < 4.78 is 11.1. The summed E-state index contributed by atoms with van der Waals surface area (Å²) in [5.41, 5.74) is 2.39. The van der Waals surface area contributed by atoms with E-state index in [9.17, 15) is 4.79 Å². The second-order valence-electron chi connectivity index (χ2n) is 6.48. The van der Waals surface area contributed by atoms with Crippen molar-refractivity contribution in [1.29, 1.82) is 0 Å². The van der Waals surface area contributed by atoms with Crippen LogP contribution in [0.2, 0.25) is 5.02 Å². The number of benzene rings is 2. The van der Waals surface area contributed by atoms with E-state index in [1.807, 2.05) is 36.4 Å². The highest BCUT2D eigenvalue weighted by Crippen LogP contribution is 2.33. The van der Waals surface area contributed by atoms with Gasteiger partial charge in [-0.05, 0) is 42.0 Å². The molecular weight excluding hydrogens is 376 g/mol. The van der Waals surface area contributed by atoms with Crippen molar-refractivity contribution < 1.29 is 14.3 Å². The molecule has 28 heavy (non-hydrogen) atoms. The number of nitrogens with one attached hydrogen (secondary N) is 1. The van der Waals surface area contributed by atoms with Gasteiger partial charge in [-0.1, -0.05) is 29.8 Å². The average molecular weight is 395 g/mol. The highest BCUT2D eigenvalue weighted by Gasteiger charge is 2.23. The fourth-order valence-corrected chi connectivity index (χ4v) is 3.26. The molecule has 4 rings (SSSR count). The molecule has 5 nitrogen and oxygen atoms in total. The van der Waals surface area contributed by atoms with Crippen LogP contribution in [0, 0.1) is 0 Å². The van der Waals surface area contributed by atoms with Gasteiger partial charge in [-0.15, -0.1) is 0 Å². The molecule has 1 aliphatic rings. The topological polar surface area (TPSA) is 60.5 Å². The number of ether oxygens (including phenoxy) is 2. The van der Waals surface area contributed by atoms with Crippen LogP contribution >= 0.6 is 11.6 Å². The van der Waals surface area contributed by atoms with Crippen LogP contribution in [0.4, 0.5) is 5.69 Å². The number of amides is 1. The molecule has 1 N–H and O–H groups in total. The highest BCUT2D eigenvalue weighted by atomic mass is 35.5. The monoisotopic (exact) mass is 394 g/mol. The Morgan fingerprint density at radius 3 is 2.57 bits per heavy atom. The second-order valence-corrected chi connectivity index (χ2v) is 6.91. The Hall–Kier alpha value is -3.05. The zero-order chi connectivity index (χ0) is 19.3. The minimum atomic E-state index is -0.402. The molecule has 1 aromatic heterocycles. The summed E-state index contributed by atoms with van der Waals surface area (Å²) in [6.07, 6.45) is 2.21. The molecule has 0 aliphatic carbocycles. The number of pyridine rings is 1. The van der Waals surface area contributed by atoms with Crippen molar-refractivity contribution in [2.75, 3.05) is 18.5 Å². The van der Waals surface area contributed by atoms with Crippen molar-refractivity contribution >= 4 is 23.2 Å². The largest absolute Gasteiger partial charge is 0.486 e. The summed E-state index contributed by atoms with van der Waals surface area (Å²) in [6, 6.07) is 18.4. The van der Waals surface area contributed by atoms with Gasteiger partial charge >= 0.3 is 0 Å². The molecular formula is C22H19ClN2O3. The summed E-state index contributed by atoms with van der Waals surface area (Å²) in [4.78, 5) is 17.5. The second kappa shape index (κ2) is 8.31. The number of hydrogen-bond donors (Lipinski definition) is 1. The maximum Gasteiger partial charge on any atom is 0.232 e. The maximum atomic E-state index is 13.1. The number of carbonyl (C=O) groups is 1. The first-order chi connectivity index (χ1) is 13.7. The average Bonchev–Trinajstić information content (AvgIpc) is 2.73. The molecule has 0 bridgehead atoms. The molecule has 0 saturated carbocycles. The van der Waals surface area contributed by atoms with Gasteiger partial charge in [0.25, 0.3) is 0 Å². The molecule has 0 radical (unpaired) electrons. The van der Waals surface area contributed by atoms with Gasteiger partial charge in [-0.2, -0.15) is 0 Å². The van der Waals surface area contributed by atoms with E-state index >= 15 is 0 Å². The van der Waals surface area contributed by atoms with Crippen molar-refractivity contribution in [2.45, 2.75) is 12.3 Å². The quantitative estimate of drug-likeness (QED) is 0.693. The number of halogens is 1. The number of aromatic nitrogens is 1. The van der Waals surface area contributed by atoms with Crippen LogP contribution in [0.5, 0.6) is 11.5 Å². The van der Waals surface area contributed by atoms with Crippen molar-refractivity contribution in [3.8, 4) is 11.5 Å². The third-order valence-electron chi connectivity index (χ3n) is 4.54. The minimum Gasteiger partial charge on any atom is -0.486 e. The number of fused-ring (bicyclic) bond motifs is 1. The van der Waals surface area contributed by atoms with E-state index in [2.05, 4.69) is 10.3 Å². The van der Waals surface area contributed by atoms with Gasteiger partial charge in [0.1, 0.15) is 13.2 Å². The van der Waals surface area contributed by atoms with Crippen molar-refractivity contribution in [3.63, 3.8) is 0 Å². The molecule has 0 spiro atoms. The Kier molecular flexibility index (Phi) is 5.44. The lowest BCUT2D eigenvalue weighted by molar-refractivity contribution is -0.117. The number of rotatable bonds is 5. The molecule has 0 saturated heterocycles. The molecule has 3 aromatic rings. The Balaban J connectivity index is 1.58.